The Bertz CT molecular complexity index is 664. The molecule has 1 aromatic carbocycles. The maximum Gasteiger partial charge on any atom is 0.154 e. The normalized spacial score (nSPS) is 10.0. The highest BCUT2D eigenvalue weighted by atomic mass is 35.5. The van der Waals surface area contributed by atoms with E-state index in [4.69, 9.17) is 34.2 Å². The molecule has 0 aliphatic rings. The van der Waals surface area contributed by atoms with Gasteiger partial charge in [0.2, 0.25) is 0 Å². The first-order valence-corrected chi connectivity index (χ1v) is 6.14. The van der Waals surface area contributed by atoms with E-state index in [-0.39, 0.29) is 5.82 Å². The predicted molar refractivity (Wildman–Crippen MR) is 77.9 cm³/mol. The van der Waals surface area contributed by atoms with Crippen molar-refractivity contribution in [2.24, 2.45) is 0 Å². The van der Waals surface area contributed by atoms with Crippen LogP contribution in [0.2, 0.25) is 10.0 Å². The second-order valence-corrected chi connectivity index (χ2v) is 4.66. The number of nitriles is 1. The molecule has 96 valence electrons. The van der Waals surface area contributed by atoms with Crippen molar-refractivity contribution in [2.45, 2.75) is 0 Å². The van der Waals surface area contributed by atoms with Gasteiger partial charge in [0.05, 0.1) is 21.3 Å². The number of para-hydroxylation sites is 1. The Hall–Kier alpha value is -1.96. The van der Waals surface area contributed by atoms with Crippen LogP contribution in [-0.4, -0.2) is 12.0 Å². The average molecular weight is 293 g/mol. The molecule has 2 N–H and O–H groups in total. The molecular weight excluding hydrogens is 283 g/mol. The molecule has 0 aliphatic heterocycles. The van der Waals surface area contributed by atoms with E-state index < -0.39 is 0 Å². The van der Waals surface area contributed by atoms with Gasteiger partial charge in [-0.05, 0) is 18.2 Å². The van der Waals surface area contributed by atoms with Crippen LogP contribution in [0.25, 0.3) is 0 Å². The van der Waals surface area contributed by atoms with Crippen molar-refractivity contribution in [3.63, 3.8) is 0 Å². The molecule has 0 saturated heterocycles. The number of hydrogen-bond donors (Lipinski definition) is 1. The summed E-state index contributed by atoms with van der Waals surface area (Å²) in [6.07, 6.45) is 0. The number of nitrogens with zero attached hydrogens (tertiary/aromatic N) is 3. The van der Waals surface area contributed by atoms with Gasteiger partial charge in [-0.3, -0.25) is 0 Å². The molecule has 0 unspecified atom stereocenters. The molecule has 0 aliphatic carbocycles. The SMILES string of the molecule is CN(c1ccccc1C#N)c1nc(N)c(Cl)cc1Cl. The van der Waals surface area contributed by atoms with Gasteiger partial charge >= 0.3 is 0 Å². The van der Waals surface area contributed by atoms with Crippen LogP contribution in [0.5, 0.6) is 0 Å². The molecule has 4 nitrogen and oxygen atoms in total. The number of hydrogen-bond acceptors (Lipinski definition) is 4. The Balaban J connectivity index is 2.54. The molecule has 0 spiro atoms. The second kappa shape index (κ2) is 5.35. The summed E-state index contributed by atoms with van der Waals surface area (Å²) in [6.45, 7) is 0. The number of nitrogen functional groups attached to an aromatic ring is 1. The van der Waals surface area contributed by atoms with E-state index in [2.05, 4.69) is 11.1 Å². The number of aromatic nitrogens is 1. The highest BCUT2D eigenvalue weighted by molar-refractivity contribution is 6.37. The smallest absolute Gasteiger partial charge is 0.154 e. The van der Waals surface area contributed by atoms with Crippen LogP contribution >= 0.6 is 23.2 Å². The van der Waals surface area contributed by atoms with Crippen molar-refractivity contribution in [1.29, 1.82) is 5.26 Å². The Morgan fingerprint density at radius 2 is 1.95 bits per heavy atom. The van der Waals surface area contributed by atoms with Gasteiger partial charge in [0.25, 0.3) is 0 Å². The molecule has 0 saturated carbocycles. The highest BCUT2D eigenvalue weighted by Gasteiger charge is 2.15. The summed E-state index contributed by atoms with van der Waals surface area (Å²) in [7, 11) is 1.76. The van der Waals surface area contributed by atoms with E-state index in [9.17, 15) is 0 Å². The lowest BCUT2D eigenvalue weighted by molar-refractivity contribution is 1.13. The van der Waals surface area contributed by atoms with Crippen molar-refractivity contribution in [3.05, 3.63) is 45.9 Å². The van der Waals surface area contributed by atoms with E-state index in [1.165, 1.54) is 6.07 Å². The molecule has 0 atom stereocenters. The third-order valence-electron chi connectivity index (χ3n) is 2.64. The fraction of sp³-hybridized carbons (Fsp3) is 0.0769. The number of halogens is 2. The number of benzene rings is 1. The van der Waals surface area contributed by atoms with Crippen molar-refractivity contribution < 1.29 is 0 Å². The fourth-order valence-corrected chi connectivity index (χ4v) is 2.17. The van der Waals surface area contributed by atoms with Crippen LogP contribution in [0.3, 0.4) is 0 Å². The first kappa shape index (κ1) is 13.5. The molecule has 1 heterocycles. The van der Waals surface area contributed by atoms with Crippen LogP contribution in [0.4, 0.5) is 17.3 Å². The standard InChI is InChI=1S/C13H10Cl2N4/c1-19(11-5-3-2-4-8(11)7-16)13-10(15)6-9(14)12(17)18-13/h2-6H,1H3,(H2,17,18). The molecule has 6 heteroatoms. The summed E-state index contributed by atoms with van der Waals surface area (Å²) in [5, 5.41) is 9.78. The van der Waals surface area contributed by atoms with Crippen LogP contribution in [0, 0.1) is 11.3 Å². The summed E-state index contributed by atoms with van der Waals surface area (Å²) >= 11 is 12.0. The lowest BCUT2D eigenvalue weighted by Gasteiger charge is -2.21. The predicted octanol–water partition coefficient (Wildman–Crippen LogP) is 3.61. The summed E-state index contributed by atoms with van der Waals surface area (Å²) < 4.78 is 0. The molecule has 0 radical (unpaired) electrons. The fourth-order valence-electron chi connectivity index (χ4n) is 1.68. The second-order valence-electron chi connectivity index (χ2n) is 3.85. The molecule has 0 amide bonds. The minimum absolute atomic E-state index is 0.197. The lowest BCUT2D eigenvalue weighted by Crippen LogP contribution is -2.14. The minimum Gasteiger partial charge on any atom is -0.382 e. The Morgan fingerprint density at radius 1 is 1.26 bits per heavy atom. The van der Waals surface area contributed by atoms with Crippen molar-refractivity contribution >= 4 is 40.5 Å². The van der Waals surface area contributed by atoms with Crippen molar-refractivity contribution in [3.8, 4) is 6.07 Å². The number of anilines is 3. The summed E-state index contributed by atoms with van der Waals surface area (Å²) in [5.74, 6) is 0.647. The highest BCUT2D eigenvalue weighted by Crippen LogP contribution is 2.34. The van der Waals surface area contributed by atoms with Crippen LogP contribution in [0.1, 0.15) is 5.56 Å². The topological polar surface area (TPSA) is 65.9 Å². The lowest BCUT2D eigenvalue weighted by atomic mass is 10.2. The van der Waals surface area contributed by atoms with E-state index in [0.717, 1.165) is 0 Å². The van der Waals surface area contributed by atoms with E-state index >= 15 is 0 Å². The summed E-state index contributed by atoms with van der Waals surface area (Å²) in [6, 6.07) is 10.8. The number of pyridine rings is 1. The minimum atomic E-state index is 0.197. The van der Waals surface area contributed by atoms with Gasteiger partial charge in [-0.25, -0.2) is 4.98 Å². The molecule has 19 heavy (non-hydrogen) atoms. The van der Waals surface area contributed by atoms with E-state index in [1.807, 2.05) is 6.07 Å². The first-order chi connectivity index (χ1) is 9.04. The third-order valence-corrected chi connectivity index (χ3v) is 3.22. The first-order valence-electron chi connectivity index (χ1n) is 5.39. The number of rotatable bonds is 2. The monoisotopic (exact) mass is 292 g/mol. The van der Waals surface area contributed by atoms with Gasteiger partial charge in [0, 0.05) is 7.05 Å². The van der Waals surface area contributed by atoms with Gasteiger partial charge in [-0.2, -0.15) is 5.26 Å². The van der Waals surface area contributed by atoms with Gasteiger partial charge in [0.1, 0.15) is 11.9 Å². The molecule has 2 rings (SSSR count). The van der Waals surface area contributed by atoms with Gasteiger partial charge in [-0.15, -0.1) is 0 Å². The summed E-state index contributed by atoms with van der Waals surface area (Å²) in [5.41, 5.74) is 6.90. The Morgan fingerprint density at radius 3 is 2.63 bits per heavy atom. The van der Waals surface area contributed by atoms with Gasteiger partial charge in [-0.1, -0.05) is 35.3 Å². The summed E-state index contributed by atoms with van der Waals surface area (Å²) in [4.78, 5) is 5.86. The van der Waals surface area contributed by atoms with Crippen molar-refractivity contribution in [1.82, 2.24) is 4.98 Å². The average Bonchev–Trinajstić information content (AvgIpc) is 2.42. The number of nitrogens with two attached hydrogens (primary N) is 1. The molecule has 0 bridgehead atoms. The maximum atomic E-state index is 9.11. The largest absolute Gasteiger partial charge is 0.382 e. The van der Waals surface area contributed by atoms with Crippen LogP contribution < -0.4 is 10.6 Å². The molecule has 0 fully saturated rings. The van der Waals surface area contributed by atoms with E-state index in [0.29, 0.717) is 27.1 Å². The zero-order valence-corrected chi connectivity index (χ0v) is 11.6. The molecule has 1 aromatic heterocycles. The maximum absolute atomic E-state index is 9.11. The molecule has 2 aromatic rings. The zero-order chi connectivity index (χ0) is 14.0. The van der Waals surface area contributed by atoms with Gasteiger partial charge in [0.15, 0.2) is 5.82 Å². The van der Waals surface area contributed by atoms with Gasteiger partial charge < -0.3 is 10.6 Å². The Labute approximate surface area is 121 Å². The third kappa shape index (κ3) is 2.58. The molecular formula is C13H10Cl2N4. The van der Waals surface area contributed by atoms with Crippen LogP contribution in [0.15, 0.2) is 30.3 Å². The quantitative estimate of drug-likeness (QED) is 0.918. The van der Waals surface area contributed by atoms with Crippen molar-refractivity contribution in [2.75, 3.05) is 17.7 Å². The van der Waals surface area contributed by atoms with E-state index in [1.54, 1.807) is 30.1 Å². The Kier molecular flexibility index (Phi) is 3.79. The zero-order valence-electron chi connectivity index (χ0n) is 10.1. The van der Waals surface area contributed by atoms with Crippen LogP contribution in [-0.2, 0) is 0 Å².